The van der Waals surface area contributed by atoms with Crippen molar-refractivity contribution in [3.05, 3.63) is 154 Å². The quantitative estimate of drug-likeness (QED) is 0.116. The number of halogens is 1. The Balaban J connectivity index is 1.62. The van der Waals surface area contributed by atoms with Gasteiger partial charge >= 0.3 is 0 Å². The van der Waals surface area contributed by atoms with Gasteiger partial charge in [0.2, 0.25) is 0 Å². The molecule has 0 aromatic heterocycles. The van der Waals surface area contributed by atoms with E-state index in [1.54, 1.807) is 0 Å². The van der Waals surface area contributed by atoms with E-state index >= 15 is 0 Å². The maximum atomic E-state index is 2.36. The number of benzene rings is 4. The molecule has 4 aromatic rings. The van der Waals surface area contributed by atoms with E-state index < -0.39 is 0 Å². The molecule has 42 heavy (non-hydrogen) atoms. The van der Waals surface area contributed by atoms with E-state index in [-0.39, 0.29) is 0 Å². The Morgan fingerprint density at radius 3 is 1.76 bits per heavy atom. The molecule has 2 nitrogen and oxygen atoms in total. The second kappa shape index (κ2) is 15.4. The molecule has 0 aliphatic carbocycles. The maximum absolute atomic E-state index is 2.36. The van der Waals surface area contributed by atoms with Crippen LogP contribution in [0, 0.1) is 13.8 Å². The number of hydrogen-bond acceptors (Lipinski definition) is 2. The smallest absolute Gasteiger partial charge is 0.0460 e. The zero-order valence-electron chi connectivity index (χ0n) is 25.4. The summed E-state index contributed by atoms with van der Waals surface area (Å²) >= 11 is 2.36. The largest absolute Gasteiger partial charge is 0.338 e. The predicted octanol–water partition coefficient (Wildman–Crippen LogP) is 12.0. The van der Waals surface area contributed by atoms with E-state index in [0.717, 1.165) is 24.3 Å². The van der Waals surface area contributed by atoms with Gasteiger partial charge < -0.3 is 9.80 Å². The minimum absolute atomic E-state index is 0.805. The van der Waals surface area contributed by atoms with E-state index in [0.29, 0.717) is 0 Å². The average Bonchev–Trinajstić information content (AvgIpc) is 2.99. The molecule has 0 amide bonds. The molecule has 3 heteroatoms. The van der Waals surface area contributed by atoms with Crippen LogP contribution >= 0.6 is 22.6 Å². The molecule has 0 saturated carbocycles. The van der Waals surface area contributed by atoms with E-state index in [1.165, 1.54) is 42.9 Å². The van der Waals surface area contributed by atoms with Crippen LogP contribution in [0.3, 0.4) is 0 Å². The molecule has 0 atom stereocenters. The molecule has 0 fully saturated rings. The summed E-state index contributed by atoms with van der Waals surface area (Å²) in [5, 5.41) is 0. The van der Waals surface area contributed by atoms with Gasteiger partial charge in [-0.2, -0.15) is 0 Å². The Morgan fingerprint density at radius 2 is 1.19 bits per heavy atom. The highest BCUT2D eigenvalue weighted by Gasteiger charge is 2.13. The van der Waals surface area contributed by atoms with Gasteiger partial charge in [-0.15, -0.1) is 0 Å². The van der Waals surface area contributed by atoms with Crippen molar-refractivity contribution in [3.8, 4) is 11.1 Å². The number of allylic oxidation sites excluding steroid dienone is 7. The summed E-state index contributed by atoms with van der Waals surface area (Å²) in [6, 6.07) is 35.2. The van der Waals surface area contributed by atoms with Crippen molar-refractivity contribution in [1.82, 2.24) is 0 Å². The Hall–Kier alpha value is -3.83. The van der Waals surface area contributed by atoms with Gasteiger partial charge in [-0.05, 0) is 137 Å². The summed E-state index contributed by atoms with van der Waals surface area (Å²) in [5.74, 6) is 0. The van der Waals surface area contributed by atoms with E-state index in [1.807, 2.05) is 0 Å². The molecule has 0 radical (unpaired) electrons. The molecular formula is C39H41IN2. The second-order valence-electron chi connectivity index (χ2n) is 10.5. The Bertz CT molecular complexity index is 1570. The summed E-state index contributed by atoms with van der Waals surface area (Å²) in [6.07, 6.45) is 14.0. The minimum atomic E-state index is 0.805. The fourth-order valence-electron chi connectivity index (χ4n) is 4.89. The molecule has 0 saturated heterocycles. The Kier molecular flexibility index (Phi) is 11.4. The van der Waals surface area contributed by atoms with Gasteiger partial charge in [-0.1, -0.05) is 85.8 Å². The molecule has 0 bridgehead atoms. The number of hydrogen-bond donors (Lipinski definition) is 0. The van der Waals surface area contributed by atoms with Crippen molar-refractivity contribution in [2.75, 3.05) is 16.3 Å². The summed E-state index contributed by atoms with van der Waals surface area (Å²) in [4.78, 5) is 4.68. The SMILES string of the molecule is CC/C=C\C=C/CN(c1ccc(-c2ccc(N(/C(C)=C/C=C(\C)I)c3cccc(C)c3)cc2)cc1)c1cccc(C)c1. The molecular weight excluding hydrogens is 623 g/mol. The van der Waals surface area contributed by atoms with Gasteiger partial charge in [0.05, 0.1) is 0 Å². The second-order valence-corrected chi connectivity index (χ2v) is 12.2. The van der Waals surface area contributed by atoms with Crippen molar-refractivity contribution in [1.29, 1.82) is 0 Å². The summed E-state index contributed by atoms with van der Waals surface area (Å²) in [6.45, 7) is 11.5. The van der Waals surface area contributed by atoms with Crippen LogP contribution < -0.4 is 9.80 Å². The molecule has 4 rings (SSSR count). The molecule has 0 heterocycles. The third-order valence-corrected chi connectivity index (χ3v) is 7.38. The molecule has 0 aliphatic heterocycles. The molecule has 4 aromatic carbocycles. The normalized spacial score (nSPS) is 12.3. The summed E-state index contributed by atoms with van der Waals surface area (Å²) in [5.41, 5.74) is 10.8. The fraction of sp³-hybridized carbons (Fsp3) is 0.179. The van der Waals surface area contributed by atoms with Crippen molar-refractivity contribution in [2.24, 2.45) is 0 Å². The zero-order valence-corrected chi connectivity index (χ0v) is 27.5. The monoisotopic (exact) mass is 664 g/mol. The van der Waals surface area contributed by atoms with Gasteiger partial charge in [0, 0.05) is 35.0 Å². The van der Waals surface area contributed by atoms with Crippen molar-refractivity contribution < 1.29 is 0 Å². The van der Waals surface area contributed by atoms with Crippen LogP contribution in [0.2, 0.25) is 0 Å². The van der Waals surface area contributed by atoms with E-state index in [4.69, 9.17) is 0 Å². The minimum Gasteiger partial charge on any atom is -0.338 e. The van der Waals surface area contributed by atoms with Gasteiger partial charge in [0.1, 0.15) is 0 Å². The van der Waals surface area contributed by atoms with Gasteiger partial charge in [0.25, 0.3) is 0 Å². The fourth-order valence-corrected chi connectivity index (χ4v) is 5.07. The van der Waals surface area contributed by atoms with Crippen molar-refractivity contribution in [3.63, 3.8) is 0 Å². The lowest BCUT2D eigenvalue weighted by molar-refractivity contribution is 1.09. The number of nitrogens with zero attached hydrogens (tertiary/aromatic N) is 2. The third kappa shape index (κ3) is 8.59. The molecule has 214 valence electrons. The highest BCUT2D eigenvalue weighted by atomic mass is 127. The van der Waals surface area contributed by atoms with Crippen LogP contribution in [-0.4, -0.2) is 6.54 Å². The Labute approximate surface area is 266 Å². The predicted molar refractivity (Wildman–Crippen MR) is 193 cm³/mol. The highest BCUT2D eigenvalue weighted by molar-refractivity contribution is 14.1. The first-order valence-corrected chi connectivity index (χ1v) is 15.7. The van der Waals surface area contributed by atoms with E-state index in [2.05, 4.69) is 201 Å². The van der Waals surface area contributed by atoms with Crippen LogP contribution in [-0.2, 0) is 0 Å². The van der Waals surface area contributed by atoms with Crippen LogP contribution in [0.1, 0.15) is 38.3 Å². The highest BCUT2D eigenvalue weighted by Crippen LogP contribution is 2.34. The lowest BCUT2D eigenvalue weighted by atomic mass is 10.0. The van der Waals surface area contributed by atoms with Gasteiger partial charge in [-0.25, -0.2) is 0 Å². The van der Waals surface area contributed by atoms with Gasteiger partial charge in [0.15, 0.2) is 0 Å². The lowest BCUT2D eigenvalue weighted by Crippen LogP contribution is -2.16. The zero-order chi connectivity index (χ0) is 29.9. The van der Waals surface area contributed by atoms with Crippen LogP contribution in [0.4, 0.5) is 22.7 Å². The van der Waals surface area contributed by atoms with Crippen LogP contribution in [0.5, 0.6) is 0 Å². The topological polar surface area (TPSA) is 6.48 Å². The molecule has 0 aliphatic rings. The number of rotatable bonds is 11. The first-order chi connectivity index (χ1) is 20.4. The average molecular weight is 665 g/mol. The summed E-state index contributed by atoms with van der Waals surface area (Å²) in [7, 11) is 0. The molecule has 0 unspecified atom stereocenters. The number of aryl methyl sites for hydroxylation is 2. The van der Waals surface area contributed by atoms with Crippen LogP contribution in [0.25, 0.3) is 11.1 Å². The lowest BCUT2D eigenvalue weighted by Gasteiger charge is -2.26. The third-order valence-electron chi connectivity index (χ3n) is 7.02. The molecule has 0 spiro atoms. The molecule has 0 N–H and O–H groups in total. The van der Waals surface area contributed by atoms with E-state index in [9.17, 15) is 0 Å². The Morgan fingerprint density at radius 1 is 0.643 bits per heavy atom. The van der Waals surface area contributed by atoms with Crippen LogP contribution in [0.15, 0.2) is 143 Å². The van der Waals surface area contributed by atoms with Crippen molar-refractivity contribution >= 4 is 45.3 Å². The first-order valence-electron chi connectivity index (χ1n) is 14.6. The maximum Gasteiger partial charge on any atom is 0.0460 e. The van der Waals surface area contributed by atoms with Crippen molar-refractivity contribution in [2.45, 2.75) is 41.0 Å². The van der Waals surface area contributed by atoms with Gasteiger partial charge in [-0.3, -0.25) is 0 Å². The first kappa shape index (κ1) is 31.1. The summed E-state index contributed by atoms with van der Waals surface area (Å²) < 4.78 is 1.25. The number of anilines is 4. The standard InChI is InChI=1S/C39H41IN2/c1-6-7-8-9-10-27-41(38-15-11-13-30(2)28-38)36-23-19-34(20-24-36)35-21-25-37(26-22-35)42(33(5)18-17-32(4)40)39-16-12-14-31(3)29-39/h7-26,28-29H,6,27H2,1-5H3/b8-7-,10-9-,32-17+,33-18+.